The second kappa shape index (κ2) is 7.56. The van der Waals surface area contributed by atoms with E-state index in [1.807, 2.05) is 35.2 Å². The number of aliphatic hydroxyl groups excluding tert-OH is 1. The molecule has 2 atom stereocenters. The fraction of sp³-hybridized carbons (Fsp3) is 0.316. The molecule has 0 aliphatic carbocycles. The van der Waals surface area contributed by atoms with Crippen molar-refractivity contribution >= 4 is 29.1 Å². The molecule has 0 saturated carbocycles. The number of hydrogen-bond acceptors (Lipinski definition) is 2. The quantitative estimate of drug-likeness (QED) is 0.866. The minimum absolute atomic E-state index is 0.0105. The van der Waals surface area contributed by atoms with E-state index >= 15 is 0 Å². The molecule has 1 unspecified atom stereocenters. The first kappa shape index (κ1) is 17.3. The Morgan fingerprint density at radius 1 is 1.12 bits per heavy atom. The van der Waals surface area contributed by atoms with Gasteiger partial charge in [0.25, 0.3) is 5.91 Å². The van der Waals surface area contributed by atoms with Crippen LogP contribution in [0.25, 0.3) is 0 Å². The van der Waals surface area contributed by atoms with E-state index in [4.69, 9.17) is 23.2 Å². The summed E-state index contributed by atoms with van der Waals surface area (Å²) >= 11 is 12.0. The third-order valence-corrected chi connectivity index (χ3v) is 5.24. The van der Waals surface area contributed by atoms with Gasteiger partial charge in [-0.2, -0.15) is 0 Å². The molecule has 1 aliphatic rings. The number of hydrogen-bond donors (Lipinski definition) is 1. The first-order chi connectivity index (χ1) is 11.6. The minimum Gasteiger partial charge on any atom is -0.388 e. The van der Waals surface area contributed by atoms with Gasteiger partial charge in [-0.05, 0) is 42.7 Å². The van der Waals surface area contributed by atoms with Crippen LogP contribution in [0.1, 0.15) is 34.9 Å². The summed E-state index contributed by atoms with van der Waals surface area (Å²) < 4.78 is 0. The fourth-order valence-corrected chi connectivity index (χ4v) is 3.49. The van der Waals surface area contributed by atoms with Crippen LogP contribution in [0.3, 0.4) is 0 Å². The van der Waals surface area contributed by atoms with E-state index in [1.165, 1.54) is 0 Å². The van der Waals surface area contributed by atoms with Gasteiger partial charge in [-0.3, -0.25) is 4.79 Å². The molecule has 3 rings (SSSR count). The second-order valence-electron chi connectivity index (χ2n) is 6.14. The summed E-state index contributed by atoms with van der Waals surface area (Å²) in [5.74, 6) is 0.00490. The number of rotatable bonds is 3. The molecular formula is C19H19Cl2NO2. The molecule has 24 heavy (non-hydrogen) atoms. The van der Waals surface area contributed by atoms with E-state index in [-0.39, 0.29) is 11.8 Å². The summed E-state index contributed by atoms with van der Waals surface area (Å²) in [6.07, 6.45) is 1.09. The number of nitrogens with zero attached hydrogens (tertiary/aromatic N) is 1. The van der Waals surface area contributed by atoms with Gasteiger partial charge >= 0.3 is 0 Å². The molecule has 0 bridgehead atoms. The van der Waals surface area contributed by atoms with Crippen molar-refractivity contribution < 1.29 is 9.90 Å². The summed E-state index contributed by atoms with van der Waals surface area (Å²) in [7, 11) is 0. The summed E-state index contributed by atoms with van der Waals surface area (Å²) in [4.78, 5) is 14.4. The Balaban J connectivity index is 1.73. The second-order valence-corrected chi connectivity index (χ2v) is 6.95. The average Bonchev–Trinajstić information content (AvgIpc) is 2.63. The third kappa shape index (κ3) is 3.75. The first-order valence-corrected chi connectivity index (χ1v) is 8.79. The van der Waals surface area contributed by atoms with E-state index in [9.17, 15) is 9.90 Å². The lowest BCUT2D eigenvalue weighted by molar-refractivity contribution is 0.0401. The topological polar surface area (TPSA) is 40.5 Å². The highest BCUT2D eigenvalue weighted by molar-refractivity contribution is 6.42. The van der Waals surface area contributed by atoms with Crippen molar-refractivity contribution in [3.05, 3.63) is 69.7 Å². The Bertz CT molecular complexity index is 721. The molecule has 5 heteroatoms. The van der Waals surface area contributed by atoms with Crippen molar-refractivity contribution in [3.8, 4) is 0 Å². The maximum Gasteiger partial charge on any atom is 0.253 e. The lowest BCUT2D eigenvalue weighted by Gasteiger charge is -2.35. The molecule has 0 radical (unpaired) electrons. The maximum absolute atomic E-state index is 12.6. The Morgan fingerprint density at radius 2 is 1.88 bits per heavy atom. The van der Waals surface area contributed by atoms with Crippen molar-refractivity contribution in [3.63, 3.8) is 0 Å². The van der Waals surface area contributed by atoms with Crippen LogP contribution >= 0.6 is 23.2 Å². The summed E-state index contributed by atoms with van der Waals surface area (Å²) in [6.45, 7) is 1.26. The van der Waals surface area contributed by atoms with Gasteiger partial charge < -0.3 is 10.0 Å². The first-order valence-electron chi connectivity index (χ1n) is 8.03. The Hall–Kier alpha value is -1.55. The van der Waals surface area contributed by atoms with Crippen molar-refractivity contribution in [1.82, 2.24) is 4.90 Å². The molecule has 2 aromatic carbocycles. The molecular weight excluding hydrogens is 345 g/mol. The molecule has 1 heterocycles. The monoisotopic (exact) mass is 363 g/mol. The lowest BCUT2D eigenvalue weighted by atomic mass is 9.88. The van der Waals surface area contributed by atoms with E-state index in [0.29, 0.717) is 22.2 Å². The van der Waals surface area contributed by atoms with Gasteiger partial charge in [0.2, 0.25) is 0 Å². The number of piperidine rings is 1. The molecule has 3 nitrogen and oxygen atoms in total. The van der Waals surface area contributed by atoms with Gasteiger partial charge in [0.05, 0.1) is 16.1 Å². The van der Waals surface area contributed by atoms with Gasteiger partial charge in [-0.25, -0.2) is 0 Å². The molecule has 1 amide bonds. The highest BCUT2D eigenvalue weighted by Crippen LogP contribution is 2.33. The van der Waals surface area contributed by atoms with Crippen molar-refractivity contribution in [2.45, 2.75) is 18.9 Å². The average molecular weight is 364 g/mol. The van der Waals surface area contributed by atoms with Crippen molar-refractivity contribution in [1.29, 1.82) is 0 Å². The van der Waals surface area contributed by atoms with Crippen LogP contribution < -0.4 is 0 Å². The molecule has 1 fully saturated rings. The molecule has 2 aromatic rings. The normalized spacial score (nSPS) is 19.1. The van der Waals surface area contributed by atoms with Crippen LogP contribution in [0.4, 0.5) is 0 Å². The van der Waals surface area contributed by atoms with Crippen LogP contribution in [-0.4, -0.2) is 29.0 Å². The number of amides is 1. The molecule has 0 aromatic heterocycles. The molecule has 1 N–H and O–H groups in total. The van der Waals surface area contributed by atoms with Crippen LogP contribution in [-0.2, 0) is 0 Å². The maximum atomic E-state index is 12.6. The zero-order valence-corrected chi connectivity index (χ0v) is 14.7. The number of benzene rings is 2. The fourth-order valence-electron chi connectivity index (χ4n) is 3.18. The van der Waals surface area contributed by atoms with Gasteiger partial charge in [0.1, 0.15) is 0 Å². The zero-order chi connectivity index (χ0) is 17.1. The van der Waals surface area contributed by atoms with E-state index in [1.54, 1.807) is 18.2 Å². The Morgan fingerprint density at radius 3 is 2.58 bits per heavy atom. The van der Waals surface area contributed by atoms with E-state index in [0.717, 1.165) is 24.9 Å². The van der Waals surface area contributed by atoms with Crippen LogP contribution in [0.2, 0.25) is 10.0 Å². The van der Waals surface area contributed by atoms with Gasteiger partial charge in [0, 0.05) is 24.6 Å². The van der Waals surface area contributed by atoms with Crippen LogP contribution in [0.15, 0.2) is 48.5 Å². The summed E-state index contributed by atoms with van der Waals surface area (Å²) in [5, 5.41) is 11.6. The van der Waals surface area contributed by atoms with Crippen molar-refractivity contribution in [2.24, 2.45) is 5.92 Å². The highest BCUT2D eigenvalue weighted by Gasteiger charge is 2.29. The largest absolute Gasteiger partial charge is 0.388 e. The predicted molar refractivity (Wildman–Crippen MR) is 96.5 cm³/mol. The van der Waals surface area contributed by atoms with Crippen LogP contribution in [0.5, 0.6) is 0 Å². The van der Waals surface area contributed by atoms with Crippen LogP contribution in [0, 0.1) is 5.92 Å². The van der Waals surface area contributed by atoms with Gasteiger partial charge in [0.15, 0.2) is 0 Å². The standard InChI is InChI=1S/C19H19Cl2NO2/c20-16-9-8-14(11-17(16)21)18(23)15-7-4-10-22(12-15)19(24)13-5-2-1-3-6-13/h1-3,5-6,8-9,11,15,18,23H,4,7,10,12H2/t15?,18-/m1/s1. The van der Waals surface area contributed by atoms with Gasteiger partial charge in [-0.15, -0.1) is 0 Å². The summed E-state index contributed by atoms with van der Waals surface area (Å²) in [6, 6.07) is 14.4. The third-order valence-electron chi connectivity index (χ3n) is 4.50. The Kier molecular flexibility index (Phi) is 5.44. The zero-order valence-electron chi connectivity index (χ0n) is 13.2. The van der Waals surface area contributed by atoms with Crippen molar-refractivity contribution in [2.75, 3.05) is 13.1 Å². The van der Waals surface area contributed by atoms with Gasteiger partial charge in [-0.1, -0.05) is 47.5 Å². The lowest BCUT2D eigenvalue weighted by Crippen LogP contribution is -2.41. The number of carbonyl (C=O) groups is 1. The highest BCUT2D eigenvalue weighted by atomic mass is 35.5. The molecule has 126 valence electrons. The summed E-state index contributed by atoms with van der Waals surface area (Å²) in [5.41, 5.74) is 1.42. The van der Waals surface area contributed by atoms with E-state index < -0.39 is 6.10 Å². The molecule has 0 spiro atoms. The predicted octanol–water partition coefficient (Wildman–Crippen LogP) is 4.58. The number of aliphatic hydroxyl groups is 1. The van der Waals surface area contributed by atoms with E-state index in [2.05, 4.69) is 0 Å². The molecule has 1 saturated heterocycles. The minimum atomic E-state index is -0.661. The molecule has 1 aliphatic heterocycles. The number of likely N-dealkylation sites (tertiary alicyclic amines) is 1. The Labute approximate surface area is 151 Å². The number of halogens is 2. The number of carbonyl (C=O) groups excluding carboxylic acids is 1. The SMILES string of the molecule is O=C(c1ccccc1)N1CCCC([C@H](O)c2ccc(Cl)c(Cl)c2)C1. The smallest absolute Gasteiger partial charge is 0.253 e.